The van der Waals surface area contributed by atoms with Crippen molar-refractivity contribution in [3.63, 3.8) is 0 Å². The Balaban J connectivity index is 1.92. The molecule has 7 nitrogen and oxygen atoms in total. The van der Waals surface area contributed by atoms with Gasteiger partial charge in [0.25, 0.3) is 0 Å². The molecule has 114 valence electrons. The van der Waals surface area contributed by atoms with Crippen LogP contribution in [0.2, 0.25) is 0 Å². The predicted octanol–water partition coefficient (Wildman–Crippen LogP) is 1.50. The van der Waals surface area contributed by atoms with Gasteiger partial charge in [-0.1, -0.05) is 0 Å². The van der Waals surface area contributed by atoms with Crippen molar-refractivity contribution < 1.29 is 24.1 Å². The Morgan fingerprint density at radius 3 is 2.59 bits per heavy atom. The molecule has 0 bridgehead atoms. The number of hydrogen-bond acceptors (Lipinski definition) is 6. The van der Waals surface area contributed by atoms with Gasteiger partial charge in [-0.2, -0.15) is 0 Å². The number of carbonyl (C=O) groups is 1. The monoisotopic (exact) mass is 302 g/mol. The van der Waals surface area contributed by atoms with Crippen LogP contribution in [0.4, 0.5) is 5.69 Å². The largest absolute Gasteiger partial charge is 0.477 e. The first-order chi connectivity index (χ1) is 10.7. The molecule has 22 heavy (non-hydrogen) atoms. The molecule has 0 radical (unpaired) electrons. The molecule has 1 N–H and O–H groups in total. The van der Waals surface area contributed by atoms with Gasteiger partial charge in [-0.15, -0.1) is 0 Å². The lowest BCUT2D eigenvalue weighted by atomic mass is 10.1. The third-order valence-electron chi connectivity index (χ3n) is 3.85. The summed E-state index contributed by atoms with van der Waals surface area (Å²) < 4.78 is 16.1. The van der Waals surface area contributed by atoms with Crippen molar-refractivity contribution in [2.75, 3.05) is 38.0 Å². The van der Waals surface area contributed by atoms with E-state index in [2.05, 4.69) is 9.88 Å². The van der Waals surface area contributed by atoms with Gasteiger partial charge in [-0.3, -0.25) is 0 Å². The minimum Gasteiger partial charge on any atom is -0.477 e. The van der Waals surface area contributed by atoms with Gasteiger partial charge in [0.1, 0.15) is 0 Å². The van der Waals surface area contributed by atoms with Gasteiger partial charge in [0, 0.05) is 30.2 Å². The number of rotatable bonds is 2. The molecule has 3 heterocycles. The van der Waals surface area contributed by atoms with Gasteiger partial charge < -0.3 is 24.2 Å². The highest BCUT2D eigenvalue weighted by Gasteiger charge is 2.22. The van der Waals surface area contributed by atoms with E-state index in [0.29, 0.717) is 43.3 Å². The number of anilines is 1. The molecule has 4 rings (SSSR count). The number of fused-ring (bicyclic) bond motifs is 2. The highest BCUT2D eigenvalue weighted by Crippen LogP contribution is 2.39. The summed E-state index contributed by atoms with van der Waals surface area (Å²) in [6, 6.07) is 5.20. The van der Waals surface area contributed by atoms with E-state index in [1.54, 1.807) is 12.1 Å². The van der Waals surface area contributed by atoms with Crippen molar-refractivity contribution in [2.24, 2.45) is 0 Å². The van der Waals surface area contributed by atoms with Crippen LogP contribution in [-0.2, 0) is 4.74 Å². The Labute approximate surface area is 126 Å². The molecular weight excluding hydrogens is 288 g/mol. The van der Waals surface area contributed by atoms with Crippen LogP contribution in [0, 0.1) is 0 Å². The summed E-state index contributed by atoms with van der Waals surface area (Å²) in [7, 11) is 0. The zero-order valence-corrected chi connectivity index (χ0v) is 11.7. The molecule has 1 aromatic heterocycles. The van der Waals surface area contributed by atoms with E-state index in [9.17, 15) is 9.90 Å². The SMILES string of the molecule is O=C(O)c1cc(N2CCOCC2)c2cc3c(cc2n1)OCO3. The van der Waals surface area contributed by atoms with Crippen LogP contribution in [0.25, 0.3) is 10.9 Å². The van der Waals surface area contributed by atoms with E-state index >= 15 is 0 Å². The van der Waals surface area contributed by atoms with Crippen molar-refractivity contribution in [1.82, 2.24) is 4.98 Å². The minimum atomic E-state index is -1.05. The second-order valence-corrected chi connectivity index (χ2v) is 5.15. The average Bonchev–Trinajstić information content (AvgIpc) is 2.99. The molecule has 1 fully saturated rings. The molecular formula is C15H14N2O5. The van der Waals surface area contributed by atoms with E-state index in [4.69, 9.17) is 14.2 Å². The van der Waals surface area contributed by atoms with Crippen LogP contribution in [0.15, 0.2) is 18.2 Å². The molecule has 2 aromatic rings. The fourth-order valence-electron chi connectivity index (χ4n) is 2.77. The summed E-state index contributed by atoms with van der Waals surface area (Å²) in [5.74, 6) is 0.205. The lowest BCUT2D eigenvalue weighted by Crippen LogP contribution is -2.36. The van der Waals surface area contributed by atoms with Crippen molar-refractivity contribution in [1.29, 1.82) is 0 Å². The van der Waals surface area contributed by atoms with Crippen molar-refractivity contribution in [3.05, 3.63) is 23.9 Å². The molecule has 2 aliphatic heterocycles. The summed E-state index contributed by atoms with van der Waals surface area (Å²) in [6.07, 6.45) is 0. The van der Waals surface area contributed by atoms with E-state index in [1.165, 1.54) is 0 Å². The molecule has 0 atom stereocenters. The lowest BCUT2D eigenvalue weighted by molar-refractivity contribution is 0.0691. The van der Waals surface area contributed by atoms with Crippen LogP contribution in [0.5, 0.6) is 11.5 Å². The number of morpholine rings is 1. The smallest absolute Gasteiger partial charge is 0.354 e. The van der Waals surface area contributed by atoms with E-state index in [0.717, 1.165) is 11.1 Å². The zero-order chi connectivity index (χ0) is 15.1. The van der Waals surface area contributed by atoms with Gasteiger partial charge in [-0.05, 0) is 12.1 Å². The number of nitrogens with zero attached hydrogens (tertiary/aromatic N) is 2. The highest BCUT2D eigenvalue weighted by atomic mass is 16.7. The van der Waals surface area contributed by atoms with Crippen LogP contribution in [0.1, 0.15) is 10.5 Å². The fourth-order valence-corrected chi connectivity index (χ4v) is 2.77. The number of carboxylic acid groups (broad SMARTS) is 1. The van der Waals surface area contributed by atoms with Crippen molar-refractivity contribution in [2.45, 2.75) is 0 Å². The summed E-state index contributed by atoms with van der Waals surface area (Å²) in [5.41, 5.74) is 1.45. The molecule has 1 saturated heterocycles. The number of benzene rings is 1. The van der Waals surface area contributed by atoms with Gasteiger partial charge in [0.15, 0.2) is 17.2 Å². The Kier molecular flexibility index (Phi) is 3.00. The molecule has 0 unspecified atom stereocenters. The Morgan fingerprint density at radius 2 is 1.86 bits per heavy atom. The normalized spacial score (nSPS) is 17.0. The Hall–Kier alpha value is -2.54. The maximum absolute atomic E-state index is 11.4. The molecule has 0 saturated carbocycles. The van der Waals surface area contributed by atoms with Crippen LogP contribution >= 0.6 is 0 Å². The third kappa shape index (κ3) is 2.10. The average molecular weight is 302 g/mol. The fraction of sp³-hybridized carbons (Fsp3) is 0.333. The Morgan fingerprint density at radius 1 is 1.14 bits per heavy atom. The van der Waals surface area contributed by atoms with Crippen molar-refractivity contribution >= 4 is 22.6 Å². The second kappa shape index (κ2) is 5.03. The number of pyridine rings is 1. The van der Waals surface area contributed by atoms with Crippen LogP contribution in [0.3, 0.4) is 0 Å². The number of carboxylic acids is 1. The van der Waals surface area contributed by atoms with Gasteiger partial charge >= 0.3 is 5.97 Å². The first kappa shape index (κ1) is 13.1. The molecule has 7 heteroatoms. The molecule has 0 aliphatic carbocycles. The third-order valence-corrected chi connectivity index (χ3v) is 3.85. The quantitative estimate of drug-likeness (QED) is 0.900. The summed E-state index contributed by atoms with van der Waals surface area (Å²) >= 11 is 0. The standard InChI is InChI=1S/C15H14N2O5/c18-15(19)11-6-12(17-1-3-20-4-2-17)9-5-13-14(22-8-21-13)7-10(9)16-11/h5-7H,1-4,8H2,(H,18,19). The Bertz CT molecular complexity index is 755. The zero-order valence-electron chi connectivity index (χ0n) is 11.7. The van der Waals surface area contributed by atoms with Crippen LogP contribution < -0.4 is 14.4 Å². The van der Waals surface area contributed by atoms with Gasteiger partial charge in [0.2, 0.25) is 6.79 Å². The minimum absolute atomic E-state index is 0.0212. The first-order valence-electron chi connectivity index (χ1n) is 7.03. The molecule has 1 aromatic carbocycles. The maximum atomic E-state index is 11.4. The van der Waals surface area contributed by atoms with E-state index in [-0.39, 0.29) is 12.5 Å². The van der Waals surface area contributed by atoms with Crippen molar-refractivity contribution in [3.8, 4) is 11.5 Å². The predicted molar refractivity (Wildman–Crippen MR) is 77.9 cm³/mol. The maximum Gasteiger partial charge on any atom is 0.354 e. The van der Waals surface area contributed by atoms with E-state index in [1.807, 2.05) is 6.07 Å². The summed E-state index contributed by atoms with van der Waals surface area (Å²) in [5, 5.41) is 10.2. The number of aromatic nitrogens is 1. The topological polar surface area (TPSA) is 81.1 Å². The van der Waals surface area contributed by atoms with Crippen LogP contribution in [-0.4, -0.2) is 49.2 Å². The molecule has 2 aliphatic rings. The highest BCUT2D eigenvalue weighted by molar-refractivity contribution is 5.99. The van der Waals surface area contributed by atoms with Gasteiger partial charge in [-0.25, -0.2) is 9.78 Å². The first-order valence-corrected chi connectivity index (χ1v) is 7.03. The molecule has 0 amide bonds. The number of hydrogen-bond donors (Lipinski definition) is 1. The second-order valence-electron chi connectivity index (χ2n) is 5.15. The summed E-state index contributed by atoms with van der Waals surface area (Å²) in [6.45, 7) is 2.84. The number of aromatic carboxylic acids is 1. The molecule has 0 spiro atoms. The number of ether oxygens (including phenoxy) is 3. The lowest BCUT2D eigenvalue weighted by Gasteiger charge is -2.30. The summed E-state index contributed by atoms with van der Waals surface area (Å²) in [4.78, 5) is 17.7. The van der Waals surface area contributed by atoms with Gasteiger partial charge in [0.05, 0.1) is 18.7 Å². The van der Waals surface area contributed by atoms with E-state index < -0.39 is 5.97 Å².